The Bertz CT molecular complexity index is 423. The number of hydrogen-bond donors (Lipinski definition) is 4. The minimum Gasteiger partial charge on any atom is -0.481 e. The van der Waals surface area contributed by atoms with E-state index in [1.807, 2.05) is 37.3 Å². The van der Waals surface area contributed by atoms with E-state index in [0.717, 1.165) is 12.1 Å². The molecule has 0 heterocycles. The number of nitrogens with one attached hydrogen (secondary N) is 3. The molecular formula is C14H21N3O3. The normalized spacial score (nSPS) is 11.4. The maximum Gasteiger partial charge on any atom is 0.315 e. The van der Waals surface area contributed by atoms with Crippen LogP contribution >= 0.6 is 0 Å². The highest BCUT2D eigenvalue weighted by atomic mass is 16.4. The molecule has 1 rings (SSSR count). The zero-order valence-corrected chi connectivity index (χ0v) is 11.6. The first-order valence-electron chi connectivity index (χ1n) is 6.67. The predicted octanol–water partition coefficient (Wildman–Crippen LogP) is 1.65. The van der Waals surface area contributed by atoms with Gasteiger partial charge in [-0.25, -0.2) is 4.79 Å². The summed E-state index contributed by atoms with van der Waals surface area (Å²) < 4.78 is 0. The molecule has 1 aromatic carbocycles. The molecule has 6 nitrogen and oxygen atoms in total. The SMILES string of the molecule is CCC(CNc1ccccc1)NC(=O)NCCC(=O)O. The highest BCUT2D eigenvalue weighted by Gasteiger charge is 2.10. The summed E-state index contributed by atoms with van der Waals surface area (Å²) in [6, 6.07) is 9.38. The smallest absolute Gasteiger partial charge is 0.315 e. The fourth-order valence-electron chi connectivity index (χ4n) is 1.61. The van der Waals surface area contributed by atoms with Crippen LogP contribution in [0.2, 0.25) is 0 Å². The number of carbonyl (C=O) groups excluding carboxylic acids is 1. The molecule has 110 valence electrons. The van der Waals surface area contributed by atoms with Crippen LogP contribution in [-0.4, -0.2) is 36.2 Å². The average Bonchev–Trinajstić information content (AvgIpc) is 2.44. The van der Waals surface area contributed by atoms with Crippen LogP contribution in [0.1, 0.15) is 19.8 Å². The van der Waals surface area contributed by atoms with Gasteiger partial charge in [-0.3, -0.25) is 4.79 Å². The van der Waals surface area contributed by atoms with Crippen molar-refractivity contribution < 1.29 is 14.7 Å². The van der Waals surface area contributed by atoms with Crippen molar-refractivity contribution in [2.45, 2.75) is 25.8 Å². The molecule has 0 aliphatic carbocycles. The molecule has 1 aromatic rings. The van der Waals surface area contributed by atoms with Gasteiger partial charge in [-0.2, -0.15) is 0 Å². The van der Waals surface area contributed by atoms with E-state index in [2.05, 4.69) is 16.0 Å². The third-order valence-electron chi connectivity index (χ3n) is 2.78. The zero-order chi connectivity index (χ0) is 14.8. The van der Waals surface area contributed by atoms with Crippen molar-refractivity contribution in [2.75, 3.05) is 18.4 Å². The third-order valence-corrected chi connectivity index (χ3v) is 2.78. The number of carboxylic acids is 1. The van der Waals surface area contributed by atoms with Crippen LogP contribution in [0.5, 0.6) is 0 Å². The first-order valence-corrected chi connectivity index (χ1v) is 6.67. The van der Waals surface area contributed by atoms with Crippen LogP contribution in [0.4, 0.5) is 10.5 Å². The minimum atomic E-state index is -0.928. The fraction of sp³-hybridized carbons (Fsp3) is 0.429. The van der Waals surface area contributed by atoms with Crippen molar-refractivity contribution in [2.24, 2.45) is 0 Å². The lowest BCUT2D eigenvalue weighted by atomic mass is 10.2. The molecular weight excluding hydrogens is 258 g/mol. The maximum absolute atomic E-state index is 11.6. The molecule has 2 amide bonds. The van der Waals surface area contributed by atoms with Gasteiger partial charge in [0, 0.05) is 24.8 Å². The molecule has 0 bridgehead atoms. The summed E-state index contributed by atoms with van der Waals surface area (Å²) in [6.07, 6.45) is 0.707. The number of para-hydroxylation sites is 1. The van der Waals surface area contributed by atoms with E-state index in [1.165, 1.54) is 0 Å². The second-order valence-corrected chi connectivity index (χ2v) is 4.40. The van der Waals surface area contributed by atoms with Crippen LogP contribution in [0, 0.1) is 0 Å². The van der Waals surface area contributed by atoms with Crippen molar-refractivity contribution in [1.82, 2.24) is 10.6 Å². The lowest BCUT2D eigenvalue weighted by Crippen LogP contribution is -2.45. The molecule has 0 aliphatic heterocycles. The van der Waals surface area contributed by atoms with E-state index < -0.39 is 5.97 Å². The number of aliphatic carboxylic acids is 1. The number of hydrogen-bond acceptors (Lipinski definition) is 3. The molecule has 4 N–H and O–H groups in total. The Kier molecular flexibility index (Phi) is 6.95. The fourth-order valence-corrected chi connectivity index (χ4v) is 1.61. The van der Waals surface area contributed by atoms with E-state index in [0.29, 0.717) is 6.54 Å². The zero-order valence-electron chi connectivity index (χ0n) is 11.6. The van der Waals surface area contributed by atoms with Gasteiger partial charge >= 0.3 is 12.0 Å². The molecule has 0 fully saturated rings. The van der Waals surface area contributed by atoms with Crippen molar-refractivity contribution in [1.29, 1.82) is 0 Å². The van der Waals surface area contributed by atoms with Crippen molar-refractivity contribution in [3.63, 3.8) is 0 Å². The molecule has 0 aromatic heterocycles. The number of anilines is 1. The molecule has 0 aliphatic rings. The Morgan fingerprint density at radius 2 is 1.95 bits per heavy atom. The maximum atomic E-state index is 11.6. The number of amides is 2. The first-order chi connectivity index (χ1) is 9.61. The lowest BCUT2D eigenvalue weighted by Gasteiger charge is -2.18. The van der Waals surface area contributed by atoms with Crippen molar-refractivity contribution in [3.8, 4) is 0 Å². The summed E-state index contributed by atoms with van der Waals surface area (Å²) in [6.45, 7) is 2.73. The molecule has 1 atom stereocenters. The molecule has 0 radical (unpaired) electrons. The monoisotopic (exact) mass is 279 g/mol. The van der Waals surface area contributed by atoms with Crippen molar-refractivity contribution in [3.05, 3.63) is 30.3 Å². The molecule has 20 heavy (non-hydrogen) atoms. The first kappa shape index (κ1) is 15.8. The van der Waals surface area contributed by atoms with E-state index in [9.17, 15) is 9.59 Å². The predicted molar refractivity (Wildman–Crippen MR) is 77.8 cm³/mol. The van der Waals surface area contributed by atoms with E-state index in [1.54, 1.807) is 0 Å². The summed E-state index contributed by atoms with van der Waals surface area (Å²) in [5.74, 6) is -0.928. The Morgan fingerprint density at radius 3 is 2.55 bits per heavy atom. The third kappa shape index (κ3) is 6.63. The van der Waals surface area contributed by atoms with Crippen molar-refractivity contribution >= 4 is 17.7 Å². The van der Waals surface area contributed by atoms with Crippen LogP contribution < -0.4 is 16.0 Å². The van der Waals surface area contributed by atoms with Gasteiger partial charge in [0.2, 0.25) is 0 Å². The number of urea groups is 1. The van der Waals surface area contributed by atoms with Crippen LogP contribution in [0.15, 0.2) is 30.3 Å². The van der Waals surface area contributed by atoms with Gasteiger partial charge in [0.15, 0.2) is 0 Å². The largest absolute Gasteiger partial charge is 0.481 e. The van der Waals surface area contributed by atoms with Gasteiger partial charge in [0.1, 0.15) is 0 Å². The highest BCUT2D eigenvalue weighted by Crippen LogP contribution is 2.05. The average molecular weight is 279 g/mol. The van der Waals surface area contributed by atoms with Crippen LogP contribution in [-0.2, 0) is 4.79 Å². The Morgan fingerprint density at radius 1 is 1.25 bits per heavy atom. The molecule has 0 saturated heterocycles. The van der Waals surface area contributed by atoms with Gasteiger partial charge in [-0.15, -0.1) is 0 Å². The van der Waals surface area contributed by atoms with Crippen LogP contribution in [0.25, 0.3) is 0 Å². The highest BCUT2D eigenvalue weighted by molar-refractivity contribution is 5.75. The Hall–Kier alpha value is -2.24. The minimum absolute atomic E-state index is 0.0139. The molecule has 0 saturated carbocycles. The second kappa shape index (κ2) is 8.79. The summed E-state index contributed by atoms with van der Waals surface area (Å²) >= 11 is 0. The van der Waals surface area contributed by atoms with Gasteiger partial charge in [-0.05, 0) is 18.6 Å². The summed E-state index contributed by atoms with van der Waals surface area (Å²) in [4.78, 5) is 21.9. The van der Waals surface area contributed by atoms with Gasteiger partial charge in [-0.1, -0.05) is 25.1 Å². The lowest BCUT2D eigenvalue weighted by molar-refractivity contribution is -0.136. The van der Waals surface area contributed by atoms with E-state index >= 15 is 0 Å². The van der Waals surface area contributed by atoms with Gasteiger partial charge in [0.25, 0.3) is 0 Å². The van der Waals surface area contributed by atoms with Gasteiger partial charge in [0.05, 0.1) is 6.42 Å². The summed E-state index contributed by atoms with van der Waals surface area (Å²) in [7, 11) is 0. The molecule has 6 heteroatoms. The standard InChI is InChI=1S/C14H21N3O3/c1-2-11(10-16-12-6-4-3-5-7-12)17-14(20)15-9-8-13(18)19/h3-7,11,16H,2,8-10H2,1H3,(H,18,19)(H2,15,17,20). The van der Waals surface area contributed by atoms with E-state index in [-0.39, 0.29) is 25.0 Å². The topological polar surface area (TPSA) is 90.5 Å². The molecule has 0 spiro atoms. The quantitative estimate of drug-likeness (QED) is 0.582. The number of carboxylic acid groups (broad SMARTS) is 1. The summed E-state index contributed by atoms with van der Waals surface area (Å²) in [5, 5.41) is 17.0. The van der Waals surface area contributed by atoms with Gasteiger partial charge < -0.3 is 21.1 Å². The Balaban J connectivity index is 2.28. The Labute approximate surface area is 118 Å². The number of carbonyl (C=O) groups is 2. The summed E-state index contributed by atoms with van der Waals surface area (Å²) in [5.41, 5.74) is 0.999. The second-order valence-electron chi connectivity index (χ2n) is 4.40. The van der Waals surface area contributed by atoms with E-state index in [4.69, 9.17) is 5.11 Å². The number of benzene rings is 1. The van der Waals surface area contributed by atoms with Crippen LogP contribution in [0.3, 0.4) is 0 Å². The molecule has 1 unspecified atom stereocenters. The number of rotatable bonds is 8.